The van der Waals surface area contributed by atoms with Crippen molar-refractivity contribution in [3.05, 3.63) is 30.1 Å². The zero-order valence-corrected chi connectivity index (χ0v) is 16.8. The molecule has 0 saturated carbocycles. The molecule has 8 nitrogen and oxygen atoms in total. The number of piperazine rings is 1. The van der Waals surface area contributed by atoms with E-state index in [1.54, 1.807) is 7.11 Å². The summed E-state index contributed by atoms with van der Waals surface area (Å²) in [5.74, 6) is 1.86. The summed E-state index contributed by atoms with van der Waals surface area (Å²) in [6.45, 7) is 7.81. The Hall–Kier alpha value is -2.19. The van der Waals surface area contributed by atoms with Gasteiger partial charge in [-0.3, -0.25) is 4.90 Å². The van der Waals surface area contributed by atoms with Gasteiger partial charge in [0.25, 0.3) is 0 Å². The van der Waals surface area contributed by atoms with Crippen molar-refractivity contribution >= 4 is 5.69 Å². The Morgan fingerprint density at radius 2 is 1.96 bits per heavy atom. The van der Waals surface area contributed by atoms with E-state index in [0.717, 1.165) is 70.2 Å². The molecule has 2 saturated heterocycles. The second kappa shape index (κ2) is 8.87. The second-order valence-electron chi connectivity index (χ2n) is 7.50. The third kappa shape index (κ3) is 4.12. The molecule has 3 heterocycles. The van der Waals surface area contributed by atoms with E-state index in [4.69, 9.17) is 9.47 Å². The highest BCUT2D eigenvalue weighted by molar-refractivity contribution is 5.49. The van der Waals surface area contributed by atoms with Gasteiger partial charge in [-0.15, -0.1) is 5.10 Å². The molecule has 2 atom stereocenters. The minimum Gasteiger partial charge on any atom is -0.497 e. The number of ether oxygens (including phenoxy) is 2. The Morgan fingerprint density at radius 1 is 1.18 bits per heavy atom. The number of hydrogen-bond donors (Lipinski definition) is 0. The summed E-state index contributed by atoms with van der Waals surface area (Å²) < 4.78 is 13.0. The highest BCUT2D eigenvalue weighted by Crippen LogP contribution is 2.27. The maximum Gasteiger partial charge on any atom is 0.168 e. The maximum absolute atomic E-state index is 5.77. The summed E-state index contributed by atoms with van der Waals surface area (Å²) >= 11 is 0. The molecular formula is C20H30N6O2. The lowest BCUT2D eigenvalue weighted by Gasteiger charge is -2.39. The smallest absolute Gasteiger partial charge is 0.168 e. The second-order valence-corrected chi connectivity index (χ2v) is 7.50. The highest BCUT2D eigenvalue weighted by atomic mass is 16.5. The van der Waals surface area contributed by atoms with E-state index in [0.29, 0.717) is 0 Å². The number of anilines is 1. The van der Waals surface area contributed by atoms with Crippen LogP contribution in [0.25, 0.3) is 0 Å². The van der Waals surface area contributed by atoms with Gasteiger partial charge in [0.1, 0.15) is 5.75 Å². The molecule has 0 amide bonds. The molecule has 152 valence electrons. The van der Waals surface area contributed by atoms with Gasteiger partial charge in [-0.2, -0.15) is 0 Å². The van der Waals surface area contributed by atoms with Crippen LogP contribution < -0.4 is 9.64 Å². The molecule has 2 fully saturated rings. The molecule has 1 aromatic heterocycles. The molecule has 0 unspecified atom stereocenters. The molecule has 28 heavy (non-hydrogen) atoms. The fraction of sp³-hybridized carbons (Fsp3) is 0.650. The predicted molar refractivity (Wildman–Crippen MR) is 107 cm³/mol. The maximum atomic E-state index is 5.77. The summed E-state index contributed by atoms with van der Waals surface area (Å²) in [7, 11) is 1.70. The topological polar surface area (TPSA) is 68.5 Å². The summed E-state index contributed by atoms with van der Waals surface area (Å²) in [5, 5.41) is 12.6. The average molecular weight is 387 g/mol. The molecule has 8 heteroatoms. The van der Waals surface area contributed by atoms with Crippen LogP contribution in [0, 0.1) is 0 Å². The van der Waals surface area contributed by atoms with Gasteiger partial charge in [-0.05, 0) is 54.0 Å². The Morgan fingerprint density at radius 3 is 2.61 bits per heavy atom. The van der Waals surface area contributed by atoms with Crippen molar-refractivity contribution in [3.63, 3.8) is 0 Å². The van der Waals surface area contributed by atoms with Gasteiger partial charge in [0.15, 0.2) is 5.82 Å². The van der Waals surface area contributed by atoms with Gasteiger partial charge < -0.3 is 14.4 Å². The summed E-state index contributed by atoms with van der Waals surface area (Å²) in [6, 6.07) is 8.56. The Balaban J connectivity index is 1.39. The van der Waals surface area contributed by atoms with Crippen molar-refractivity contribution in [1.29, 1.82) is 0 Å². The average Bonchev–Trinajstić information content (AvgIpc) is 3.42. The van der Waals surface area contributed by atoms with Gasteiger partial charge in [-0.1, -0.05) is 6.92 Å². The first kappa shape index (κ1) is 19.1. The van der Waals surface area contributed by atoms with Crippen molar-refractivity contribution in [2.45, 2.75) is 44.9 Å². The Kier molecular flexibility index (Phi) is 6.07. The van der Waals surface area contributed by atoms with E-state index in [1.165, 1.54) is 5.69 Å². The van der Waals surface area contributed by atoms with E-state index < -0.39 is 0 Å². The predicted octanol–water partition coefficient (Wildman–Crippen LogP) is 2.13. The zero-order valence-electron chi connectivity index (χ0n) is 16.8. The lowest BCUT2D eigenvalue weighted by molar-refractivity contribution is 0.0894. The molecule has 0 spiro atoms. The van der Waals surface area contributed by atoms with Gasteiger partial charge in [-0.25, -0.2) is 4.68 Å². The normalized spacial score (nSPS) is 21.8. The fourth-order valence-corrected chi connectivity index (χ4v) is 4.25. The third-order valence-electron chi connectivity index (χ3n) is 5.84. The first-order valence-corrected chi connectivity index (χ1v) is 10.3. The summed E-state index contributed by atoms with van der Waals surface area (Å²) in [4.78, 5) is 4.94. The van der Waals surface area contributed by atoms with E-state index in [9.17, 15) is 0 Å². The van der Waals surface area contributed by atoms with Crippen LogP contribution in [0.3, 0.4) is 0 Å². The van der Waals surface area contributed by atoms with Crippen molar-refractivity contribution in [3.8, 4) is 5.75 Å². The first-order valence-electron chi connectivity index (χ1n) is 10.3. The van der Waals surface area contributed by atoms with Crippen molar-refractivity contribution < 1.29 is 9.47 Å². The van der Waals surface area contributed by atoms with Crippen LogP contribution in [0.15, 0.2) is 24.3 Å². The SMILES string of the molecule is CC[C@H](c1nnnn1C[C@H]1CCCO1)N1CCN(c2ccc(OC)cc2)CC1. The van der Waals surface area contributed by atoms with Crippen LogP contribution in [0.2, 0.25) is 0 Å². The number of nitrogens with zero attached hydrogens (tertiary/aromatic N) is 6. The Labute approximate surface area is 166 Å². The summed E-state index contributed by atoms with van der Waals surface area (Å²) in [5.41, 5.74) is 1.25. The molecule has 2 aliphatic heterocycles. The minimum atomic E-state index is 0.242. The van der Waals surface area contributed by atoms with Crippen LogP contribution in [0.1, 0.15) is 38.1 Å². The monoisotopic (exact) mass is 386 g/mol. The van der Waals surface area contributed by atoms with Crippen LogP contribution in [-0.2, 0) is 11.3 Å². The van der Waals surface area contributed by atoms with Crippen molar-refractivity contribution in [2.75, 3.05) is 44.8 Å². The largest absolute Gasteiger partial charge is 0.497 e. The number of hydrogen-bond acceptors (Lipinski definition) is 7. The lowest BCUT2D eigenvalue weighted by Crippen LogP contribution is -2.48. The Bertz CT molecular complexity index is 735. The molecule has 2 aliphatic rings. The number of rotatable bonds is 7. The zero-order chi connectivity index (χ0) is 19.3. The molecule has 0 radical (unpaired) electrons. The van der Waals surface area contributed by atoms with Gasteiger partial charge in [0.2, 0.25) is 0 Å². The van der Waals surface area contributed by atoms with Crippen LogP contribution in [0.4, 0.5) is 5.69 Å². The number of benzene rings is 1. The van der Waals surface area contributed by atoms with Crippen LogP contribution >= 0.6 is 0 Å². The standard InChI is InChI=1S/C20H30N6O2/c1-3-19(20-21-22-23-26(20)15-18-5-4-14-28-18)25-12-10-24(11-13-25)16-6-8-17(27-2)9-7-16/h6-9,18-19H,3-5,10-15H2,1-2H3/t18-,19-/m1/s1. The van der Waals surface area contributed by atoms with E-state index >= 15 is 0 Å². The highest BCUT2D eigenvalue weighted by Gasteiger charge is 2.29. The molecule has 0 N–H and O–H groups in total. The minimum absolute atomic E-state index is 0.242. The molecule has 2 aromatic rings. The van der Waals surface area contributed by atoms with Crippen LogP contribution in [-0.4, -0.2) is 71.1 Å². The third-order valence-corrected chi connectivity index (χ3v) is 5.84. The van der Waals surface area contributed by atoms with E-state index in [-0.39, 0.29) is 12.1 Å². The van der Waals surface area contributed by atoms with E-state index in [2.05, 4.69) is 44.4 Å². The molecular weight excluding hydrogens is 356 g/mol. The quantitative estimate of drug-likeness (QED) is 0.722. The number of methoxy groups -OCH3 is 1. The van der Waals surface area contributed by atoms with Gasteiger partial charge in [0, 0.05) is 38.5 Å². The molecule has 4 rings (SSSR count). The van der Waals surface area contributed by atoms with Crippen molar-refractivity contribution in [2.24, 2.45) is 0 Å². The molecule has 0 aliphatic carbocycles. The molecule has 1 aromatic carbocycles. The number of tetrazole rings is 1. The summed E-state index contributed by atoms with van der Waals surface area (Å²) in [6.07, 6.45) is 3.46. The van der Waals surface area contributed by atoms with Gasteiger partial charge in [0.05, 0.1) is 25.8 Å². The fourth-order valence-electron chi connectivity index (χ4n) is 4.25. The first-order chi connectivity index (χ1) is 13.8. The lowest BCUT2D eigenvalue weighted by atomic mass is 10.1. The molecule has 0 bridgehead atoms. The van der Waals surface area contributed by atoms with Gasteiger partial charge >= 0.3 is 0 Å². The van der Waals surface area contributed by atoms with Crippen molar-refractivity contribution in [1.82, 2.24) is 25.1 Å². The number of aromatic nitrogens is 4. The van der Waals surface area contributed by atoms with Crippen LogP contribution in [0.5, 0.6) is 5.75 Å². The van der Waals surface area contributed by atoms with E-state index in [1.807, 2.05) is 16.8 Å².